The molecule has 0 spiro atoms. The highest BCUT2D eigenvalue weighted by Crippen LogP contribution is 1.88. The minimum absolute atomic E-state index is 1.19. The first-order valence-corrected chi connectivity index (χ1v) is 2.55. The van der Waals surface area contributed by atoms with E-state index in [4.69, 9.17) is 0 Å². The van der Waals surface area contributed by atoms with Crippen LogP contribution in [0.1, 0.15) is 19.3 Å². The average Bonchev–Trinajstić information content (AvgIpc) is 1.72. The summed E-state index contributed by atoms with van der Waals surface area (Å²) in [6, 6.07) is 0. The van der Waals surface area contributed by atoms with Crippen LogP contribution in [0.3, 0.4) is 0 Å². The molecular weight excluding hydrogens is 76.0 g/mol. The van der Waals surface area contributed by atoms with E-state index in [2.05, 4.69) is 11.2 Å². The molecule has 0 atom stereocenters. The zero-order valence-electron chi connectivity index (χ0n) is 3.91. The zero-order valence-corrected chi connectivity index (χ0v) is 3.91. The lowest BCUT2D eigenvalue weighted by atomic mass is 10.3. The number of hydrogen-bond donors (Lipinski definition) is 1. The topological polar surface area (TPSA) is 14.0 Å². The summed E-state index contributed by atoms with van der Waals surface area (Å²) in [5.74, 6) is 0. The van der Waals surface area contributed by atoms with E-state index in [1.54, 1.807) is 0 Å². The van der Waals surface area contributed by atoms with Gasteiger partial charge in [0, 0.05) is 12.8 Å². The summed E-state index contributed by atoms with van der Waals surface area (Å²) >= 11 is 0. The summed E-state index contributed by atoms with van der Waals surface area (Å²) in [7, 11) is 0. The Kier molecular flexibility index (Phi) is 1.25. The Morgan fingerprint density at radius 3 is 2.50 bits per heavy atom. The van der Waals surface area contributed by atoms with Crippen LogP contribution in [0, 0.1) is 0 Å². The van der Waals surface area contributed by atoms with Crippen LogP contribution in [0.4, 0.5) is 0 Å². The molecule has 1 heterocycles. The summed E-state index contributed by atoms with van der Waals surface area (Å²) in [6.45, 7) is 1.19. The molecule has 0 amide bonds. The highest BCUT2D eigenvalue weighted by Gasteiger charge is 1.93. The summed E-state index contributed by atoms with van der Waals surface area (Å²) in [6.07, 6.45) is 6.15. The van der Waals surface area contributed by atoms with Crippen molar-refractivity contribution in [2.24, 2.45) is 0 Å². The van der Waals surface area contributed by atoms with Gasteiger partial charge in [-0.2, -0.15) is 0 Å². The standard InChI is InChI=1S/C5H9N/c1-2-4-6-5-3-1/h4H,1-3,5H2/p+1/i5+1,6+1. The van der Waals surface area contributed by atoms with Crippen molar-refractivity contribution in [3.63, 3.8) is 0 Å². The van der Waals surface area contributed by atoms with Crippen LogP contribution in [0.25, 0.3) is 0 Å². The van der Waals surface area contributed by atoms with Gasteiger partial charge in [0.15, 0.2) is 0 Å². The minimum atomic E-state index is 1.19. The van der Waals surface area contributed by atoms with Gasteiger partial charge >= 0.3 is 0 Å². The predicted octanol–water partition coefficient (Wildman–Crippen LogP) is -0.678. The lowest BCUT2D eigenvalue weighted by Crippen LogP contribution is -2.70. The molecule has 0 aromatic carbocycles. The molecule has 6 heavy (non-hydrogen) atoms. The molecule has 1 aliphatic rings. The number of nitrogens with one attached hydrogen (secondary N) is 1. The Balaban J connectivity index is 2.26. The van der Waals surface area contributed by atoms with Crippen molar-refractivity contribution < 1.29 is 4.99 Å². The van der Waals surface area contributed by atoms with Gasteiger partial charge in [-0.15, -0.1) is 0 Å². The molecule has 1 rings (SSSR count). The Morgan fingerprint density at radius 1 is 1.33 bits per heavy atom. The molecular formula is C5H10N+. The van der Waals surface area contributed by atoms with Crippen molar-refractivity contribution in [2.75, 3.05) is 6.54 Å². The molecule has 1 N–H and O–H groups in total. The fourth-order valence-corrected chi connectivity index (χ4v) is 0.678. The van der Waals surface area contributed by atoms with Gasteiger partial charge in [-0.05, 0) is 6.42 Å². The molecule has 0 bridgehead atoms. The fourth-order valence-electron chi connectivity index (χ4n) is 0.678. The molecule has 0 fully saturated rings. The van der Waals surface area contributed by atoms with Crippen molar-refractivity contribution in [3.05, 3.63) is 0 Å². The molecule has 0 aromatic rings. The molecule has 34 valence electrons. The van der Waals surface area contributed by atoms with Crippen molar-refractivity contribution in [1.82, 2.24) is 0 Å². The number of rotatable bonds is 0. The quantitative estimate of drug-likeness (QED) is 0.296. The third-order valence-electron chi connectivity index (χ3n) is 1.06. The fraction of sp³-hybridized carbons (Fsp3) is 0.800. The molecule has 1 nitrogen and oxygen atoms in total. The van der Waals surface area contributed by atoms with E-state index in [-0.39, 0.29) is 0 Å². The highest BCUT2D eigenvalue weighted by molar-refractivity contribution is 5.50. The van der Waals surface area contributed by atoms with E-state index in [1.165, 1.54) is 25.8 Å². The predicted molar refractivity (Wildman–Crippen MR) is 25.7 cm³/mol. The summed E-state index contributed by atoms with van der Waals surface area (Å²) in [4.78, 5) is 3.16. The first-order chi connectivity index (χ1) is 3.00. The van der Waals surface area contributed by atoms with Crippen LogP contribution < -0.4 is 4.99 Å². The summed E-state index contributed by atoms with van der Waals surface area (Å²) in [5, 5.41) is 0. The second-order valence-electron chi connectivity index (χ2n) is 1.65. The van der Waals surface area contributed by atoms with Gasteiger partial charge in [0.25, 0.3) is 0 Å². The largest absolute Gasteiger partial charge is 0.252 e. The van der Waals surface area contributed by atoms with Gasteiger partial charge in [0.2, 0.25) is 0 Å². The van der Waals surface area contributed by atoms with E-state index < -0.39 is 0 Å². The SMILES string of the molecule is C1=[15NH+][13CH2]CCC1. The highest BCUT2D eigenvalue weighted by atomic mass is 15.6. The molecule has 0 radical (unpaired) electrons. The maximum Gasteiger partial charge on any atom is 0.140 e. The second-order valence-corrected chi connectivity index (χ2v) is 1.65. The Morgan fingerprint density at radius 2 is 2.33 bits per heavy atom. The monoisotopic (exact) mass is 86.1 g/mol. The Hall–Kier alpha value is -0.330. The molecule has 0 aliphatic carbocycles. The van der Waals surface area contributed by atoms with E-state index >= 15 is 0 Å². The molecule has 1 heteroatoms. The molecule has 0 saturated carbocycles. The van der Waals surface area contributed by atoms with Crippen LogP contribution in [-0.4, -0.2) is 12.8 Å². The summed E-state index contributed by atoms with van der Waals surface area (Å²) < 4.78 is 0. The van der Waals surface area contributed by atoms with Gasteiger partial charge in [-0.25, -0.2) is 0 Å². The van der Waals surface area contributed by atoms with Crippen molar-refractivity contribution in [1.29, 1.82) is 0 Å². The van der Waals surface area contributed by atoms with E-state index in [0.717, 1.165) is 0 Å². The second kappa shape index (κ2) is 1.96. The molecule has 0 aromatic heterocycles. The van der Waals surface area contributed by atoms with Crippen molar-refractivity contribution in [3.8, 4) is 0 Å². The maximum atomic E-state index is 3.16. The molecule has 0 unspecified atom stereocenters. The van der Waals surface area contributed by atoms with Gasteiger partial charge in [-0.1, -0.05) is 0 Å². The zero-order chi connectivity index (χ0) is 4.24. The van der Waals surface area contributed by atoms with E-state index in [0.29, 0.717) is 0 Å². The van der Waals surface area contributed by atoms with Gasteiger partial charge < -0.3 is 0 Å². The van der Waals surface area contributed by atoms with Crippen molar-refractivity contribution in [2.45, 2.75) is 19.3 Å². The summed E-state index contributed by atoms with van der Waals surface area (Å²) in [5.41, 5.74) is 0. The maximum absolute atomic E-state index is 3.16. The lowest BCUT2D eigenvalue weighted by molar-refractivity contribution is -0.457. The average molecular weight is 86.1 g/mol. The van der Waals surface area contributed by atoms with E-state index in [9.17, 15) is 0 Å². The van der Waals surface area contributed by atoms with Crippen LogP contribution in [0.15, 0.2) is 0 Å². The van der Waals surface area contributed by atoms with Gasteiger partial charge in [0.05, 0.1) is 0 Å². The molecule has 0 saturated heterocycles. The lowest BCUT2D eigenvalue weighted by Gasteiger charge is -1.91. The normalized spacial score (nSPS) is 21.3. The molecule has 1 aliphatic heterocycles. The Bertz CT molecular complexity index is 49.0. The van der Waals surface area contributed by atoms with Crippen LogP contribution in [-0.2, 0) is 0 Å². The van der Waals surface area contributed by atoms with Gasteiger partial charge in [0.1, 0.15) is 12.8 Å². The number of hydrogen-bond acceptors (Lipinski definition) is 0. The van der Waals surface area contributed by atoms with Crippen molar-refractivity contribution >= 4 is 6.21 Å². The van der Waals surface area contributed by atoms with Crippen LogP contribution in [0.2, 0.25) is 0 Å². The minimum Gasteiger partial charge on any atom is -0.252 e. The van der Waals surface area contributed by atoms with Crippen LogP contribution >= 0.6 is 0 Å². The first-order valence-electron chi connectivity index (χ1n) is 2.55. The van der Waals surface area contributed by atoms with E-state index in [1.807, 2.05) is 0 Å². The Labute approximate surface area is 38.1 Å². The van der Waals surface area contributed by atoms with Gasteiger partial charge in [-0.3, -0.25) is 4.99 Å². The third kappa shape index (κ3) is 0.814. The smallest absolute Gasteiger partial charge is 0.140 e. The van der Waals surface area contributed by atoms with Crippen LogP contribution in [0.5, 0.6) is 0 Å². The third-order valence-corrected chi connectivity index (χ3v) is 1.06. The first kappa shape index (κ1) is 3.85.